The highest BCUT2D eigenvalue weighted by atomic mass is 19.1. The quantitative estimate of drug-likeness (QED) is 0.840. The van der Waals surface area contributed by atoms with Crippen molar-refractivity contribution in [3.63, 3.8) is 0 Å². The van der Waals surface area contributed by atoms with Crippen LogP contribution in [0.25, 0.3) is 0 Å². The molecule has 0 aliphatic carbocycles. The molecule has 4 rings (SSSR count). The highest BCUT2D eigenvalue weighted by Crippen LogP contribution is 2.20. The number of aromatic nitrogens is 3. The van der Waals surface area contributed by atoms with Gasteiger partial charge in [0, 0.05) is 25.1 Å². The summed E-state index contributed by atoms with van der Waals surface area (Å²) in [5, 5.41) is 16.5. The van der Waals surface area contributed by atoms with Crippen molar-refractivity contribution in [2.24, 2.45) is 5.16 Å². The molecule has 0 radical (unpaired) electrons. The van der Waals surface area contributed by atoms with Crippen molar-refractivity contribution in [2.45, 2.75) is 25.4 Å². The number of halogens is 1. The Bertz CT molecular complexity index is 906. The molecule has 2 aliphatic heterocycles. The van der Waals surface area contributed by atoms with E-state index >= 15 is 0 Å². The molecule has 140 valence electrons. The van der Waals surface area contributed by atoms with Crippen molar-refractivity contribution in [1.29, 1.82) is 0 Å². The first-order chi connectivity index (χ1) is 13.1. The first-order valence-corrected chi connectivity index (χ1v) is 8.61. The van der Waals surface area contributed by atoms with E-state index in [0.717, 1.165) is 12.8 Å². The molecule has 9 nitrogen and oxygen atoms in total. The molecular weight excluding hydrogens is 355 g/mol. The van der Waals surface area contributed by atoms with Gasteiger partial charge in [-0.1, -0.05) is 17.3 Å². The van der Waals surface area contributed by atoms with E-state index in [-0.39, 0.29) is 23.8 Å². The number of nitrogens with one attached hydrogen (secondary N) is 2. The van der Waals surface area contributed by atoms with Crippen LogP contribution in [0.15, 0.2) is 29.4 Å². The van der Waals surface area contributed by atoms with E-state index in [2.05, 4.69) is 25.9 Å². The number of hydrogen-bond acceptors (Lipinski definition) is 6. The smallest absolute Gasteiger partial charge is 0.278 e. The highest BCUT2D eigenvalue weighted by molar-refractivity contribution is 6.07. The maximum absolute atomic E-state index is 13.3. The molecule has 1 atom stereocenters. The van der Waals surface area contributed by atoms with Gasteiger partial charge in [0.15, 0.2) is 11.5 Å². The van der Waals surface area contributed by atoms with Crippen molar-refractivity contribution >= 4 is 23.3 Å². The fraction of sp³-hybridized carbons (Fsp3) is 0.353. The van der Waals surface area contributed by atoms with Gasteiger partial charge in [0.25, 0.3) is 11.8 Å². The van der Waals surface area contributed by atoms with Crippen LogP contribution in [0.5, 0.6) is 0 Å². The van der Waals surface area contributed by atoms with Crippen LogP contribution in [0, 0.1) is 5.82 Å². The van der Waals surface area contributed by atoms with E-state index in [0.29, 0.717) is 24.4 Å². The Kier molecular flexibility index (Phi) is 4.53. The van der Waals surface area contributed by atoms with E-state index in [9.17, 15) is 14.0 Å². The number of hydrogen-bond donors (Lipinski definition) is 2. The fourth-order valence-corrected chi connectivity index (χ4v) is 3.09. The number of anilines is 1. The number of carbonyl (C=O) groups is 2. The standard InChI is InChI=1S/C17H17FN6O3/c18-11-5-3-4-10(8-11)12-9-13(27-22-12)16(25)19-15-14(20-23-21-15)17(26)24-6-1-2-7-24/h3-5,8,13H,1-2,6-7,9H2,(H2,19,20,21,23,25). The lowest BCUT2D eigenvalue weighted by molar-refractivity contribution is -0.125. The molecule has 1 unspecified atom stereocenters. The van der Waals surface area contributed by atoms with Gasteiger partial charge in [-0.3, -0.25) is 9.59 Å². The van der Waals surface area contributed by atoms with Crippen LogP contribution in [-0.4, -0.2) is 57.0 Å². The van der Waals surface area contributed by atoms with Crippen LogP contribution in [0.1, 0.15) is 35.3 Å². The molecule has 1 saturated heterocycles. The molecular formula is C17H17FN6O3. The molecule has 2 amide bonds. The zero-order valence-corrected chi connectivity index (χ0v) is 14.3. The number of nitrogens with zero attached hydrogens (tertiary/aromatic N) is 4. The summed E-state index contributed by atoms with van der Waals surface area (Å²) in [7, 11) is 0. The lowest BCUT2D eigenvalue weighted by atomic mass is 10.0. The number of likely N-dealkylation sites (tertiary alicyclic amines) is 1. The number of amides is 2. The van der Waals surface area contributed by atoms with Crippen molar-refractivity contribution in [1.82, 2.24) is 20.3 Å². The normalized spacial score (nSPS) is 18.9. The summed E-state index contributed by atoms with van der Waals surface area (Å²) in [6, 6.07) is 5.91. The Morgan fingerprint density at radius 2 is 2.07 bits per heavy atom. The van der Waals surface area contributed by atoms with Crippen molar-refractivity contribution in [3.8, 4) is 0 Å². The number of carbonyl (C=O) groups excluding carboxylic acids is 2. The molecule has 0 spiro atoms. The van der Waals surface area contributed by atoms with Crippen LogP contribution >= 0.6 is 0 Å². The predicted octanol–water partition coefficient (Wildman–Crippen LogP) is 1.31. The summed E-state index contributed by atoms with van der Waals surface area (Å²) >= 11 is 0. The number of benzene rings is 1. The van der Waals surface area contributed by atoms with E-state index in [4.69, 9.17) is 4.84 Å². The molecule has 2 aromatic rings. The van der Waals surface area contributed by atoms with Gasteiger partial charge in [-0.25, -0.2) is 4.39 Å². The third kappa shape index (κ3) is 3.50. The zero-order chi connectivity index (χ0) is 18.8. The summed E-state index contributed by atoms with van der Waals surface area (Å²) in [6.07, 6.45) is 1.18. The SMILES string of the molecule is O=C(Nc1n[nH]nc1C(=O)N1CCCC1)C1CC(c2cccc(F)c2)=NO1. The van der Waals surface area contributed by atoms with E-state index in [1.807, 2.05) is 0 Å². The van der Waals surface area contributed by atoms with Crippen molar-refractivity contribution in [3.05, 3.63) is 41.3 Å². The molecule has 2 aliphatic rings. The van der Waals surface area contributed by atoms with Gasteiger partial charge in [-0.2, -0.15) is 5.21 Å². The average molecular weight is 372 g/mol. The maximum Gasteiger partial charge on any atom is 0.278 e. The van der Waals surface area contributed by atoms with Gasteiger partial charge in [0.2, 0.25) is 6.10 Å². The van der Waals surface area contributed by atoms with E-state index in [1.165, 1.54) is 12.1 Å². The molecule has 3 heterocycles. The summed E-state index contributed by atoms with van der Waals surface area (Å²) < 4.78 is 13.3. The summed E-state index contributed by atoms with van der Waals surface area (Å²) in [4.78, 5) is 31.8. The Morgan fingerprint density at radius 1 is 1.26 bits per heavy atom. The van der Waals surface area contributed by atoms with Crippen molar-refractivity contribution < 1.29 is 18.8 Å². The molecule has 2 N–H and O–H groups in total. The largest absolute Gasteiger partial charge is 0.382 e. The second-order valence-electron chi connectivity index (χ2n) is 6.36. The predicted molar refractivity (Wildman–Crippen MR) is 92.6 cm³/mol. The number of oxime groups is 1. The van der Waals surface area contributed by atoms with Crippen LogP contribution in [-0.2, 0) is 9.63 Å². The summed E-state index contributed by atoms with van der Waals surface area (Å²) in [5.74, 6) is -1.12. The minimum Gasteiger partial charge on any atom is -0.382 e. The Balaban J connectivity index is 1.41. The Hall–Kier alpha value is -3.30. The first kappa shape index (κ1) is 17.1. The Morgan fingerprint density at radius 3 is 2.85 bits per heavy atom. The molecule has 0 saturated carbocycles. The monoisotopic (exact) mass is 372 g/mol. The average Bonchev–Trinajstić information content (AvgIpc) is 3.42. The van der Waals surface area contributed by atoms with Crippen LogP contribution in [0.4, 0.5) is 10.2 Å². The molecule has 1 fully saturated rings. The Labute approximate surface area is 153 Å². The lowest BCUT2D eigenvalue weighted by Crippen LogP contribution is -2.31. The second-order valence-corrected chi connectivity index (χ2v) is 6.36. The minimum atomic E-state index is -0.894. The van der Waals surface area contributed by atoms with Crippen LogP contribution in [0.3, 0.4) is 0 Å². The van der Waals surface area contributed by atoms with E-state index < -0.39 is 17.8 Å². The molecule has 27 heavy (non-hydrogen) atoms. The van der Waals surface area contributed by atoms with Crippen molar-refractivity contribution in [2.75, 3.05) is 18.4 Å². The first-order valence-electron chi connectivity index (χ1n) is 8.61. The van der Waals surface area contributed by atoms with Gasteiger partial charge in [-0.15, -0.1) is 10.2 Å². The topological polar surface area (TPSA) is 113 Å². The van der Waals surface area contributed by atoms with E-state index in [1.54, 1.807) is 17.0 Å². The van der Waals surface area contributed by atoms with Gasteiger partial charge >= 0.3 is 0 Å². The highest BCUT2D eigenvalue weighted by Gasteiger charge is 2.32. The number of aromatic amines is 1. The van der Waals surface area contributed by atoms with Gasteiger partial charge in [0.1, 0.15) is 5.82 Å². The maximum atomic E-state index is 13.3. The van der Waals surface area contributed by atoms with Crippen LogP contribution in [0.2, 0.25) is 0 Å². The second kappa shape index (κ2) is 7.14. The molecule has 1 aromatic heterocycles. The summed E-state index contributed by atoms with van der Waals surface area (Å²) in [6.45, 7) is 1.32. The number of H-pyrrole nitrogens is 1. The van der Waals surface area contributed by atoms with Gasteiger partial charge < -0.3 is 15.1 Å². The van der Waals surface area contributed by atoms with Gasteiger partial charge in [-0.05, 0) is 25.0 Å². The van der Waals surface area contributed by atoms with Crippen LogP contribution < -0.4 is 5.32 Å². The lowest BCUT2D eigenvalue weighted by Gasteiger charge is -2.14. The molecule has 10 heteroatoms. The zero-order valence-electron chi connectivity index (χ0n) is 14.3. The van der Waals surface area contributed by atoms with Gasteiger partial charge in [0.05, 0.1) is 5.71 Å². The molecule has 1 aromatic carbocycles. The fourth-order valence-electron chi connectivity index (χ4n) is 3.09. The molecule has 0 bridgehead atoms. The third-order valence-electron chi connectivity index (χ3n) is 4.50. The minimum absolute atomic E-state index is 0.0553. The third-order valence-corrected chi connectivity index (χ3v) is 4.50. The number of rotatable bonds is 4. The summed E-state index contributed by atoms with van der Waals surface area (Å²) in [5.41, 5.74) is 1.09.